The number of alkyl carbamates (subject to hydrolysis) is 1. The van der Waals surface area contributed by atoms with E-state index in [1.165, 1.54) is 11.1 Å². The van der Waals surface area contributed by atoms with Gasteiger partial charge in [0.1, 0.15) is 0 Å². The zero-order chi connectivity index (χ0) is 16.2. The first-order chi connectivity index (χ1) is 11.2. The van der Waals surface area contributed by atoms with Crippen molar-refractivity contribution in [1.82, 2.24) is 10.2 Å². The Balaban J connectivity index is 1.61. The molecule has 0 bridgehead atoms. The number of fused-ring (bicyclic) bond motifs is 1. The fourth-order valence-electron chi connectivity index (χ4n) is 3.39. The Kier molecular flexibility index (Phi) is 4.84. The summed E-state index contributed by atoms with van der Waals surface area (Å²) in [6.45, 7) is 2.43. The van der Waals surface area contributed by atoms with E-state index in [4.69, 9.17) is 4.74 Å². The molecule has 2 aliphatic rings. The van der Waals surface area contributed by atoms with Crippen LogP contribution in [0, 0.1) is 0 Å². The minimum atomic E-state index is -0.454. The molecule has 0 spiro atoms. The Hall–Kier alpha value is -2.04. The Bertz CT molecular complexity index is 583. The molecular formula is C18H24N2O3. The third-order valence-corrected chi connectivity index (χ3v) is 4.55. The molecule has 1 N–H and O–H groups in total. The van der Waals surface area contributed by atoms with Gasteiger partial charge in [0.15, 0.2) is 0 Å². The van der Waals surface area contributed by atoms with E-state index in [1.807, 2.05) is 0 Å². The molecule has 1 atom stereocenters. The highest BCUT2D eigenvalue weighted by Crippen LogP contribution is 2.41. The highest BCUT2D eigenvalue weighted by Gasteiger charge is 2.39. The van der Waals surface area contributed by atoms with Gasteiger partial charge in [-0.3, -0.25) is 4.79 Å². The van der Waals surface area contributed by atoms with Crippen molar-refractivity contribution >= 4 is 12.0 Å². The van der Waals surface area contributed by atoms with Gasteiger partial charge < -0.3 is 15.0 Å². The predicted molar refractivity (Wildman–Crippen MR) is 87.0 cm³/mol. The van der Waals surface area contributed by atoms with Gasteiger partial charge in [-0.05, 0) is 43.7 Å². The third kappa shape index (κ3) is 3.66. The fourth-order valence-corrected chi connectivity index (χ4v) is 3.39. The molecule has 23 heavy (non-hydrogen) atoms. The van der Waals surface area contributed by atoms with Crippen molar-refractivity contribution in [2.75, 3.05) is 13.2 Å². The lowest BCUT2D eigenvalue weighted by Crippen LogP contribution is -2.38. The standard InChI is InChI=1S/C18H24N2O3/c1-2-23-18(22)19-12-11-17(21)20(14-8-9-14)16-10-7-13-5-3-4-6-15(13)16/h3-6,14,16H,2,7-12H2,1H3,(H,19,22)/t16-/m1/s1. The summed E-state index contributed by atoms with van der Waals surface area (Å²) in [6, 6.07) is 9.00. The fraction of sp³-hybridized carbons (Fsp3) is 0.556. The van der Waals surface area contributed by atoms with Gasteiger partial charge >= 0.3 is 6.09 Å². The maximum absolute atomic E-state index is 12.7. The largest absolute Gasteiger partial charge is 0.450 e. The quantitative estimate of drug-likeness (QED) is 0.878. The van der Waals surface area contributed by atoms with Crippen LogP contribution in [0.3, 0.4) is 0 Å². The molecule has 0 saturated heterocycles. The SMILES string of the molecule is CCOC(=O)NCCC(=O)N(C1CC1)[C@@H]1CCc2ccccc21. The van der Waals surface area contributed by atoms with Gasteiger partial charge in [0, 0.05) is 19.0 Å². The molecule has 3 rings (SSSR count). The summed E-state index contributed by atoms with van der Waals surface area (Å²) in [5.41, 5.74) is 2.66. The Morgan fingerprint density at radius 2 is 2.04 bits per heavy atom. The van der Waals surface area contributed by atoms with E-state index in [2.05, 4.69) is 34.5 Å². The Morgan fingerprint density at radius 3 is 2.78 bits per heavy atom. The number of ether oxygens (including phenoxy) is 1. The lowest BCUT2D eigenvalue weighted by Gasteiger charge is -2.30. The van der Waals surface area contributed by atoms with E-state index in [0.29, 0.717) is 25.6 Å². The van der Waals surface area contributed by atoms with Crippen LogP contribution in [0.1, 0.15) is 49.8 Å². The number of hydrogen-bond donors (Lipinski definition) is 1. The van der Waals surface area contributed by atoms with Crippen molar-refractivity contribution < 1.29 is 14.3 Å². The molecule has 5 heteroatoms. The summed E-state index contributed by atoms with van der Waals surface area (Å²) in [5.74, 6) is 0.131. The number of carbonyl (C=O) groups is 2. The molecule has 0 unspecified atom stereocenters. The maximum atomic E-state index is 12.7. The topological polar surface area (TPSA) is 58.6 Å². The number of carbonyl (C=O) groups excluding carboxylic acids is 2. The van der Waals surface area contributed by atoms with Crippen molar-refractivity contribution in [2.45, 2.75) is 51.1 Å². The van der Waals surface area contributed by atoms with Gasteiger partial charge in [0.05, 0.1) is 12.6 Å². The second-order valence-electron chi connectivity index (χ2n) is 6.18. The molecule has 1 aromatic rings. The van der Waals surface area contributed by atoms with Crippen LogP contribution < -0.4 is 5.32 Å². The van der Waals surface area contributed by atoms with E-state index in [9.17, 15) is 9.59 Å². The zero-order valence-corrected chi connectivity index (χ0v) is 13.6. The van der Waals surface area contributed by atoms with Crippen molar-refractivity contribution in [2.24, 2.45) is 0 Å². The summed E-state index contributed by atoms with van der Waals surface area (Å²) in [6.07, 6.45) is 4.11. The molecule has 0 radical (unpaired) electrons. The highest BCUT2D eigenvalue weighted by molar-refractivity contribution is 5.78. The molecular weight excluding hydrogens is 292 g/mol. The van der Waals surface area contributed by atoms with Crippen LogP contribution in [0.5, 0.6) is 0 Å². The van der Waals surface area contributed by atoms with E-state index >= 15 is 0 Å². The minimum absolute atomic E-state index is 0.131. The average Bonchev–Trinajstić information content (AvgIpc) is 3.28. The Labute approximate surface area is 137 Å². The van der Waals surface area contributed by atoms with Crippen LogP contribution in [0.15, 0.2) is 24.3 Å². The Morgan fingerprint density at radius 1 is 1.26 bits per heavy atom. The molecule has 0 heterocycles. The lowest BCUT2D eigenvalue weighted by atomic mass is 10.1. The van der Waals surface area contributed by atoms with E-state index in [0.717, 1.165) is 25.7 Å². The second kappa shape index (κ2) is 7.02. The summed E-state index contributed by atoms with van der Waals surface area (Å²) in [7, 11) is 0. The average molecular weight is 316 g/mol. The van der Waals surface area contributed by atoms with Crippen LogP contribution in [0.4, 0.5) is 4.79 Å². The van der Waals surface area contributed by atoms with Crippen LogP contribution in [-0.4, -0.2) is 36.1 Å². The van der Waals surface area contributed by atoms with Crippen molar-refractivity contribution in [3.05, 3.63) is 35.4 Å². The predicted octanol–water partition coefficient (Wildman–Crippen LogP) is 2.80. The van der Waals surface area contributed by atoms with Gasteiger partial charge in [-0.1, -0.05) is 24.3 Å². The molecule has 0 aromatic heterocycles. The lowest BCUT2D eigenvalue weighted by molar-refractivity contribution is -0.134. The van der Waals surface area contributed by atoms with Crippen molar-refractivity contribution in [1.29, 1.82) is 0 Å². The van der Waals surface area contributed by atoms with E-state index in [1.54, 1.807) is 6.92 Å². The van der Waals surface area contributed by atoms with Crippen LogP contribution >= 0.6 is 0 Å². The van der Waals surface area contributed by atoms with Gasteiger partial charge in [0.25, 0.3) is 0 Å². The highest BCUT2D eigenvalue weighted by atomic mass is 16.5. The van der Waals surface area contributed by atoms with Crippen LogP contribution in [0.25, 0.3) is 0 Å². The van der Waals surface area contributed by atoms with Crippen molar-refractivity contribution in [3.8, 4) is 0 Å². The summed E-state index contributed by atoms with van der Waals surface area (Å²) >= 11 is 0. The third-order valence-electron chi connectivity index (χ3n) is 4.55. The molecule has 2 aliphatic carbocycles. The molecule has 124 valence electrons. The van der Waals surface area contributed by atoms with E-state index < -0.39 is 6.09 Å². The monoisotopic (exact) mass is 316 g/mol. The minimum Gasteiger partial charge on any atom is -0.450 e. The second-order valence-corrected chi connectivity index (χ2v) is 6.18. The van der Waals surface area contributed by atoms with Gasteiger partial charge in [0.2, 0.25) is 5.91 Å². The normalized spacial score (nSPS) is 19.1. The summed E-state index contributed by atoms with van der Waals surface area (Å²) < 4.78 is 4.82. The number of rotatable bonds is 6. The van der Waals surface area contributed by atoms with Gasteiger partial charge in [-0.2, -0.15) is 0 Å². The molecule has 2 amide bonds. The molecule has 5 nitrogen and oxygen atoms in total. The van der Waals surface area contributed by atoms with Gasteiger partial charge in [-0.25, -0.2) is 4.79 Å². The number of hydrogen-bond acceptors (Lipinski definition) is 3. The summed E-state index contributed by atoms with van der Waals surface area (Å²) in [4.78, 5) is 26.1. The van der Waals surface area contributed by atoms with Gasteiger partial charge in [-0.15, -0.1) is 0 Å². The van der Waals surface area contributed by atoms with E-state index in [-0.39, 0.29) is 11.9 Å². The van der Waals surface area contributed by atoms with Crippen molar-refractivity contribution in [3.63, 3.8) is 0 Å². The number of nitrogens with zero attached hydrogens (tertiary/aromatic N) is 1. The first-order valence-corrected chi connectivity index (χ1v) is 8.50. The zero-order valence-electron chi connectivity index (χ0n) is 13.6. The number of amides is 2. The smallest absolute Gasteiger partial charge is 0.407 e. The maximum Gasteiger partial charge on any atom is 0.407 e. The van der Waals surface area contributed by atoms with Crippen LogP contribution in [-0.2, 0) is 16.0 Å². The first kappa shape index (κ1) is 15.8. The molecule has 0 aliphatic heterocycles. The summed E-state index contributed by atoms with van der Waals surface area (Å²) in [5, 5.41) is 2.63. The number of nitrogens with one attached hydrogen (secondary N) is 1. The van der Waals surface area contributed by atoms with Crippen LogP contribution in [0.2, 0.25) is 0 Å². The molecule has 1 fully saturated rings. The number of benzene rings is 1. The molecule has 1 saturated carbocycles. The first-order valence-electron chi connectivity index (χ1n) is 8.50. The molecule has 1 aromatic carbocycles. The number of aryl methyl sites for hydroxylation is 1.